The van der Waals surface area contributed by atoms with Crippen LogP contribution in [0.4, 0.5) is 5.95 Å². The molecule has 0 fully saturated rings. The lowest BCUT2D eigenvalue weighted by Gasteiger charge is -2.32. The van der Waals surface area contributed by atoms with Crippen molar-refractivity contribution in [2.75, 3.05) is 18.1 Å². The van der Waals surface area contributed by atoms with Gasteiger partial charge in [0.2, 0.25) is 5.95 Å². The van der Waals surface area contributed by atoms with Crippen molar-refractivity contribution in [2.24, 2.45) is 7.05 Å². The first kappa shape index (κ1) is 16.2. The Labute approximate surface area is 150 Å². The molecule has 4 rings (SSSR count). The van der Waals surface area contributed by atoms with Crippen molar-refractivity contribution < 1.29 is 4.74 Å². The molecule has 1 unspecified atom stereocenters. The van der Waals surface area contributed by atoms with Gasteiger partial charge in [0.05, 0.1) is 42.5 Å². The Morgan fingerprint density at radius 1 is 1.28 bits per heavy atom. The molecule has 1 aliphatic heterocycles. The van der Waals surface area contributed by atoms with Gasteiger partial charge in [0.1, 0.15) is 0 Å². The number of anilines is 1. The van der Waals surface area contributed by atoms with E-state index < -0.39 is 0 Å². The lowest BCUT2D eigenvalue weighted by molar-refractivity contribution is 0.102. The van der Waals surface area contributed by atoms with E-state index in [4.69, 9.17) is 4.74 Å². The van der Waals surface area contributed by atoms with Gasteiger partial charge in [0.15, 0.2) is 0 Å². The van der Waals surface area contributed by atoms with Crippen molar-refractivity contribution >= 4 is 17.3 Å². The highest BCUT2D eigenvalue weighted by molar-refractivity contribution is 7.09. The zero-order valence-corrected chi connectivity index (χ0v) is 15.1. The number of thiazole rings is 1. The molecule has 1 atom stereocenters. The predicted molar refractivity (Wildman–Crippen MR) is 95.5 cm³/mol. The van der Waals surface area contributed by atoms with Crippen molar-refractivity contribution in [1.82, 2.24) is 24.5 Å². The number of aryl methyl sites for hydroxylation is 2. The second-order valence-electron chi connectivity index (χ2n) is 6.19. The van der Waals surface area contributed by atoms with Crippen LogP contribution in [0, 0.1) is 6.92 Å². The molecule has 0 bridgehead atoms. The maximum absolute atomic E-state index is 5.97. The molecule has 7 nitrogen and oxygen atoms in total. The molecule has 8 heteroatoms. The third kappa shape index (κ3) is 3.40. The fraction of sp³-hybridized carbons (Fsp3) is 0.412. The highest BCUT2D eigenvalue weighted by Gasteiger charge is 2.30. The molecule has 0 saturated carbocycles. The zero-order chi connectivity index (χ0) is 17.2. The lowest BCUT2D eigenvalue weighted by Crippen LogP contribution is -2.37. The fourth-order valence-electron chi connectivity index (χ4n) is 3.25. The molecular formula is C17H20N6OS. The third-order valence-electron chi connectivity index (χ3n) is 4.30. The summed E-state index contributed by atoms with van der Waals surface area (Å²) in [4.78, 5) is 19.9. The Morgan fingerprint density at radius 2 is 2.12 bits per heavy atom. The minimum Gasteiger partial charge on any atom is -0.374 e. The summed E-state index contributed by atoms with van der Waals surface area (Å²) >= 11 is 1.65. The first-order chi connectivity index (χ1) is 12.2. The maximum Gasteiger partial charge on any atom is 0.225 e. The van der Waals surface area contributed by atoms with E-state index in [2.05, 4.69) is 34.8 Å². The number of fused-ring (bicyclic) bond motifs is 1. The van der Waals surface area contributed by atoms with Crippen LogP contribution in [0.5, 0.6) is 0 Å². The average Bonchev–Trinajstić information content (AvgIpc) is 3.21. The van der Waals surface area contributed by atoms with Gasteiger partial charge in [-0.2, -0.15) is 0 Å². The number of ether oxygens (including phenoxy) is 1. The van der Waals surface area contributed by atoms with E-state index in [0.717, 1.165) is 35.4 Å². The topological polar surface area (TPSA) is 69.0 Å². The molecule has 0 aliphatic carbocycles. The Kier molecular flexibility index (Phi) is 4.46. The van der Waals surface area contributed by atoms with Crippen LogP contribution in [-0.4, -0.2) is 37.7 Å². The van der Waals surface area contributed by atoms with Gasteiger partial charge in [-0.1, -0.05) is 0 Å². The van der Waals surface area contributed by atoms with Gasteiger partial charge in [-0.15, -0.1) is 11.3 Å². The summed E-state index contributed by atoms with van der Waals surface area (Å²) in [6, 6.07) is 1.83. The Balaban J connectivity index is 1.49. The van der Waals surface area contributed by atoms with Gasteiger partial charge in [0, 0.05) is 43.0 Å². The number of rotatable bonds is 5. The van der Waals surface area contributed by atoms with Crippen molar-refractivity contribution in [2.45, 2.75) is 26.0 Å². The van der Waals surface area contributed by atoms with Crippen LogP contribution in [0.25, 0.3) is 0 Å². The quantitative estimate of drug-likeness (QED) is 0.699. The second kappa shape index (κ2) is 6.89. The normalized spacial score (nSPS) is 16.9. The molecule has 0 aromatic carbocycles. The number of nitrogens with zero attached hydrogens (tertiary/aromatic N) is 6. The van der Waals surface area contributed by atoms with E-state index in [1.54, 1.807) is 23.7 Å². The molecule has 0 radical (unpaired) electrons. The molecular weight excluding hydrogens is 336 g/mol. The number of hydrogen-bond acceptors (Lipinski definition) is 7. The maximum atomic E-state index is 5.97. The van der Waals surface area contributed by atoms with Gasteiger partial charge in [-0.05, 0) is 13.0 Å². The van der Waals surface area contributed by atoms with Crippen LogP contribution in [0.3, 0.4) is 0 Å². The standard InChI is InChI=1S/C17H20N6OS/c1-12-21-14(10-25-12)9-24-8-13-6-23(17-18-4-3-5-19-17)7-15-16(13)22(2)11-20-15/h3-5,10-11,13H,6-9H2,1-2H3. The predicted octanol–water partition coefficient (Wildman–Crippen LogP) is 2.30. The van der Waals surface area contributed by atoms with E-state index in [1.165, 1.54) is 5.69 Å². The first-order valence-electron chi connectivity index (χ1n) is 8.21. The molecule has 25 heavy (non-hydrogen) atoms. The SMILES string of the molecule is Cc1nc(COCC2CN(c3ncccn3)Cc3ncn(C)c32)cs1. The van der Waals surface area contributed by atoms with E-state index in [9.17, 15) is 0 Å². The molecule has 3 aromatic rings. The van der Waals surface area contributed by atoms with Crippen LogP contribution >= 0.6 is 11.3 Å². The lowest BCUT2D eigenvalue weighted by atomic mass is 9.99. The van der Waals surface area contributed by atoms with E-state index >= 15 is 0 Å². The van der Waals surface area contributed by atoms with Gasteiger partial charge in [-0.25, -0.2) is 19.9 Å². The van der Waals surface area contributed by atoms with Gasteiger partial charge in [0.25, 0.3) is 0 Å². The average molecular weight is 356 g/mol. The summed E-state index contributed by atoms with van der Waals surface area (Å²) in [5.74, 6) is 0.957. The Bertz CT molecular complexity index is 846. The Morgan fingerprint density at radius 3 is 2.88 bits per heavy atom. The van der Waals surface area contributed by atoms with Crippen LogP contribution in [0.2, 0.25) is 0 Å². The Hall–Kier alpha value is -2.32. The number of hydrogen-bond donors (Lipinski definition) is 0. The highest BCUT2D eigenvalue weighted by Crippen LogP contribution is 2.29. The molecule has 130 valence electrons. The van der Waals surface area contributed by atoms with E-state index in [1.807, 2.05) is 26.4 Å². The minimum absolute atomic E-state index is 0.222. The highest BCUT2D eigenvalue weighted by atomic mass is 32.1. The van der Waals surface area contributed by atoms with E-state index in [0.29, 0.717) is 13.2 Å². The number of aromatic nitrogens is 5. The summed E-state index contributed by atoms with van der Waals surface area (Å²) < 4.78 is 8.07. The zero-order valence-electron chi connectivity index (χ0n) is 14.3. The number of imidazole rings is 1. The van der Waals surface area contributed by atoms with Crippen LogP contribution in [0.1, 0.15) is 28.0 Å². The summed E-state index contributed by atoms with van der Waals surface area (Å²) in [7, 11) is 2.04. The molecule has 0 saturated heterocycles. The van der Waals surface area contributed by atoms with Crippen LogP contribution in [0.15, 0.2) is 30.2 Å². The van der Waals surface area contributed by atoms with Crippen LogP contribution in [-0.2, 0) is 24.9 Å². The van der Waals surface area contributed by atoms with Gasteiger partial charge in [-0.3, -0.25) is 0 Å². The summed E-state index contributed by atoms with van der Waals surface area (Å²) in [5, 5.41) is 3.12. The molecule has 0 amide bonds. The molecule has 1 aliphatic rings. The van der Waals surface area contributed by atoms with Crippen molar-refractivity contribution in [3.63, 3.8) is 0 Å². The molecule has 0 N–H and O–H groups in total. The fourth-order valence-corrected chi connectivity index (χ4v) is 3.85. The summed E-state index contributed by atoms with van der Waals surface area (Å²) in [6.07, 6.45) is 5.41. The van der Waals surface area contributed by atoms with Crippen LogP contribution < -0.4 is 4.90 Å². The van der Waals surface area contributed by atoms with Gasteiger partial charge < -0.3 is 14.2 Å². The minimum atomic E-state index is 0.222. The first-order valence-corrected chi connectivity index (χ1v) is 9.09. The van der Waals surface area contributed by atoms with Crippen molar-refractivity contribution in [3.8, 4) is 0 Å². The monoisotopic (exact) mass is 356 g/mol. The molecule has 0 spiro atoms. The summed E-state index contributed by atoms with van der Waals surface area (Å²) in [5.41, 5.74) is 3.30. The third-order valence-corrected chi connectivity index (χ3v) is 5.12. The molecule has 4 heterocycles. The second-order valence-corrected chi connectivity index (χ2v) is 7.25. The van der Waals surface area contributed by atoms with Crippen molar-refractivity contribution in [1.29, 1.82) is 0 Å². The smallest absolute Gasteiger partial charge is 0.225 e. The van der Waals surface area contributed by atoms with Crippen molar-refractivity contribution in [3.05, 3.63) is 52.3 Å². The summed E-state index contributed by atoms with van der Waals surface area (Å²) in [6.45, 7) is 4.70. The largest absolute Gasteiger partial charge is 0.374 e. The van der Waals surface area contributed by atoms with Gasteiger partial charge >= 0.3 is 0 Å². The molecule has 3 aromatic heterocycles. The van der Waals surface area contributed by atoms with E-state index in [-0.39, 0.29) is 5.92 Å².